The van der Waals surface area contributed by atoms with E-state index in [1.54, 1.807) is 14.2 Å². The number of allylic oxidation sites excluding steroid dienone is 2. The van der Waals surface area contributed by atoms with Gasteiger partial charge in [0, 0.05) is 24.3 Å². The second-order valence-electron chi connectivity index (χ2n) is 6.81. The molecule has 0 radical (unpaired) electrons. The minimum absolute atomic E-state index is 0.235. The summed E-state index contributed by atoms with van der Waals surface area (Å²) in [7, 11) is 3.43. The zero-order valence-corrected chi connectivity index (χ0v) is 15.3. The van der Waals surface area contributed by atoms with Crippen LogP contribution < -0.4 is 14.8 Å². The molecule has 136 valence electrons. The molecule has 3 unspecified atom stereocenters. The van der Waals surface area contributed by atoms with E-state index in [-0.39, 0.29) is 6.04 Å². The fourth-order valence-corrected chi connectivity index (χ4v) is 4.14. The Balaban J connectivity index is 1.66. The van der Waals surface area contributed by atoms with Crippen molar-refractivity contribution >= 4 is 5.69 Å². The lowest BCUT2D eigenvalue weighted by Gasteiger charge is -2.38. The lowest BCUT2D eigenvalue weighted by molar-refractivity contribution is 0.146. The number of hydrogen-bond acceptors (Lipinski definition) is 4. The highest BCUT2D eigenvalue weighted by molar-refractivity contribution is 5.62. The Morgan fingerprint density at radius 1 is 1.04 bits per heavy atom. The number of benzene rings is 2. The monoisotopic (exact) mass is 351 g/mol. The van der Waals surface area contributed by atoms with Gasteiger partial charge in [-0.15, -0.1) is 0 Å². The van der Waals surface area contributed by atoms with E-state index in [2.05, 4.69) is 41.7 Å². The summed E-state index contributed by atoms with van der Waals surface area (Å²) < 4.78 is 16.5. The molecule has 0 bridgehead atoms. The van der Waals surface area contributed by atoms with E-state index in [1.807, 2.05) is 18.2 Å². The van der Waals surface area contributed by atoms with Crippen molar-refractivity contribution in [3.05, 3.63) is 65.7 Å². The maximum atomic E-state index is 5.81. The van der Waals surface area contributed by atoms with Crippen LogP contribution in [0.15, 0.2) is 54.6 Å². The van der Waals surface area contributed by atoms with Crippen molar-refractivity contribution in [1.29, 1.82) is 0 Å². The number of rotatable bonds is 6. The van der Waals surface area contributed by atoms with Gasteiger partial charge in [-0.25, -0.2) is 0 Å². The summed E-state index contributed by atoms with van der Waals surface area (Å²) in [6.07, 6.45) is 5.70. The molecule has 1 aliphatic carbocycles. The van der Waals surface area contributed by atoms with Gasteiger partial charge in [-0.2, -0.15) is 0 Å². The van der Waals surface area contributed by atoms with Gasteiger partial charge in [0.15, 0.2) is 0 Å². The van der Waals surface area contributed by atoms with Gasteiger partial charge in [0.05, 0.1) is 19.8 Å². The maximum absolute atomic E-state index is 5.81. The Morgan fingerprint density at radius 3 is 2.77 bits per heavy atom. The third-order valence-electron chi connectivity index (χ3n) is 5.36. The molecule has 1 heterocycles. The highest BCUT2D eigenvalue weighted by atomic mass is 16.5. The smallest absolute Gasteiger partial charge is 0.124 e. The summed E-state index contributed by atoms with van der Waals surface area (Å²) in [6, 6.07) is 14.9. The molecule has 4 rings (SSSR count). The molecule has 4 nitrogen and oxygen atoms in total. The van der Waals surface area contributed by atoms with Crippen LogP contribution in [-0.4, -0.2) is 27.4 Å². The molecule has 0 fully saturated rings. The van der Waals surface area contributed by atoms with Crippen LogP contribution in [0.3, 0.4) is 0 Å². The minimum atomic E-state index is 0.235. The lowest BCUT2D eigenvalue weighted by atomic mass is 9.77. The van der Waals surface area contributed by atoms with Crippen molar-refractivity contribution in [3.8, 4) is 11.5 Å². The van der Waals surface area contributed by atoms with Crippen LogP contribution in [-0.2, 0) is 4.74 Å². The normalized spacial score (nSPS) is 23.1. The van der Waals surface area contributed by atoms with E-state index in [0.29, 0.717) is 25.0 Å². The van der Waals surface area contributed by atoms with Crippen molar-refractivity contribution in [2.75, 3.05) is 32.8 Å². The first-order valence-electron chi connectivity index (χ1n) is 9.13. The van der Waals surface area contributed by atoms with Crippen molar-refractivity contribution in [2.45, 2.75) is 18.4 Å². The molecular weight excluding hydrogens is 326 g/mol. The Labute approximate surface area is 154 Å². The van der Waals surface area contributed by atoms with Gasteiger partial charge in [0.25, 0.3) is 0 Å². The molecule has 0 saturated carbocycles. The Bertz CT molecular complexity index is 802. The van der Waals surface area contributed by atoms with Gasteiger partial charge in [0.1, 0.15) is 18.1 Å². The minimum Gasteiger partial charge on any atom is -0.496 e. The highest BCUT2D eigenvalue weighted by Gasteiger charge is 2.39. The fourth-order valence-electron chi connectivity index (χ4n) is 4.14. The van der Waals surface area contributed by atoms with Gasteiger partial charge in [-0.1, -0.05) is 30.4 Å². The van der Waals surface area contributed by atoms with Crippen LogP contribution in [0.2, 0.25) is 0 Å². The van der Waals surface area contributed by atoms with Crippen LogP contribution >= 0.6 is 0 Å². The van der Waals surface area contributed by atoms with E-state index in [9.17, 15) is 0 Å². The van der Waals surface area contributed by atoms with Gasteiger partial charge >= 0.3 is 0 Å². The van der Waals surface area contributed by atoms with Crippen LogP contribution in [0.25, 0.3) is 0 Å². The molecule has 3 atom stereocenters. The molecule has 0 aromatic heterocycles. The molecule has 4 heteroatoms. The number of ether oxygens (including phenoxy) is 3. The maximum Gasteiger partial charge on any atom is 0.124 e. The van der Waals surface area contributed by atoms with Crippen molar-refractivity contribution < 1.29 is 14.2 Å². The zero-order chi connectivity index (χ0) is 17.9. The van der Waals surface area contributed by atoms with Crippen molar-refractivity contribution in [3.63, 3.8) is 0 Å². The van der Waals surface area contributed by atoms with Crippen LogP contribution in [0.5, 0.6) is 11.5 Å². The van der Waals surface area contributed by atoms with Crippen molar-refractivity contribution in [2.24, 2.45) is 5.92 Å². The van der Waals surface area contributed by atoms with Crippen LogP contribution in [0, 0.1) is 5.92 Å². The second kappa shape index (κ2) is 7.42. The Morgan fingerprint density at radius 2 is 1.92 bits per heavy atom. The number of methoxy groups -OCH3 is 2. The topological polar surface area (TPSA) is 39.7 Å². The highest BCUT2D eigenvalue weighted by Crippen LogP contribution is 2.51. The number of anilines is 1. The Hall–Kier alpha value is -2.46. The third kappa shape index (κ3) is 3.06. The largest absolute Gasteiger partial charge is 0.496 e. The number of para-hydroxylation sites is 1. The molecule has 1 aliphatic heterocycles. The van der Waals surface area contributed by atoms with Crippen molar-refractivity contribution in [1.82, 2.24) is 0 Å². The quantitative estimate of drug-likeness (QED) is 0.612. The molecule has 0 spiro atoms. The van der Waals surface area contributed by atoms with E-state index < -0.39 is 0 Å². The summed E-state index contributed by atoms with van der Waals surface area (Å²) in [5, 5.41) is 3.75. The zero-order valence-electron chi connectivity index (χ0n) is 15.3. The molecule has 1 N–H and O–H groups in total. The summed E-state index contributed by atoms with van der Waals surface area (Å²) in [5.41, 5.74) is 3.71. The Kier molecular flexibility index (Phi) is 4.85. The van der Waals surface area contributed by atoms with Crippen LogP contribution in [0.1, 0.15) is 29.5 Å². The molecule has 0 amide bonds. The van der Waals surface area contributed by atoms with E-state index in [4.69, 9.17) is 14.2 Å². The average molecular weight is 351 g/mol. The standard InChI is InChI=1S/C22H25NO3/c1-24-12-13-26-15-10-11-20-19(14-15)16-7-5-8-17(16)22(23-20)18-6-3-4-9-21(18)25-2/h3-7,9-11,14,16-17,22-23H,8,12-13H2,1-2H3. The third-order valence-corrected chi connectivity index (χ3v) is 5.36. The van der Waals surface area contributed by atoms with E-state index >= 15 is 0 Å². The molecule has 2 aliphatic rings. The SMILES string of the molecule is COCCOc1ccc2c(c1)C1C=CCC1C(c1ccccc1OC)N2. The van der Waals surface area contributed by atoms with Crippen LogP contribution in [0.4, 0.5) is 5.69 Å². The number of nitrogens with one attached hydrogen (secondary N) is 1. The predicted molar refractivity (Wildman–Crippen MR) is 103 cm³/mol. The van der Waals surface area contributed by atoms with Gasteiger partial charge in [0.2, 0.25) is 0 Å². The predicted octanol–water partition coefficient (Wildman–Crippen LogP) is 4.55. The number of hydrogen-bond donors (Lipinski definition) is 1. The molecule has 2 aromatic carbocycles. The molecule has 26 heavy (non-hydrogen) atoms. The van der Waals surface area contributed by atoms with Gasteiger partial charge in [-0.05, 0) is 42.2 Å². The van der Waals surface area contributed by atoms with E-state index in [0.717, 1.165) is 17.9 Å². The first-order chi connectivity index (χ1) is 12.8. The number of fused-ring (bicyclic) bond motifs is 3. The lowest BCUT2D eigenvalue weighted by Crippen LogP contribution is -2.29. The molecular formula is C22H25NO3. The van der Waals surface area contributed by atoms with Gasteiger partial charge < -0.3 is 19.5 Å². The molecule has 2 aromatic rings. The van der Waals surface area contributed by atoms with E-state index in [1.165, 1.54) is 16.8 Å². The first-order valence-corrected chi connectivity index (χ1v) is 9.13. The molecule has 0 saturated heterocycles. The van der Waals surface area contributed by atoms with Gasteiger partial charge in [-0.3, -0.25) is 0 Å². The first kappa shape index (κ1) is 17.0. The summed E-state index contributed by atoms with van der Waals surface area (Å²) in [6.45, 7) is 1.16. The summed E-state index contributed by atoms with van der Waals surface area (Å²) >= 11 is 0. The fraction of sp³-hybridized carbons (Fsp3) is 0.364. The summed E-state index contributed by atoms with van der Waals surface area (Å²) in [5.74, 6) is 2.72. The summed E-state index contributed by atoms with van der Waals surface area (Å²) in [4.78, 5) is 0. The average Bonchev–Trinajstić information content (AvgIpc) is 3.18. The second-order valence-corrected chi connectivity index (χ2v) is 6.81.